The van der Waals surface area contributed by atoms with Gasteiger partial charge in [-0.15, -0.1) is 0 Å². The first kappa shape index (κ1) is 21.4. The van der Waals surface area contributed by atoms with Crippen molar-refractivity contribution in [3.05, 3.63) is 59.8 Å². The van der Waals surface area contributed by atoms with E-state index in [4.69, 9.17) is 14.2 Å². The van der Waals surface area contributed by atoms with Gasteiger partial charge in [-0.3, -0.25) is 9.59 Å². The molecule has 5 rings (SSSR count). The van der Waals surface area contributed by atoms with Crippen LogP contribution in [-0.4, -0.2) is 48.2 Å². The summed E-state index contributed by atoms with van der Waals surface area (Å²) in [6, 6.07) is 14.0. The van der Waals surface area contributed by atoms with Gasteiger partial charge in [0.05, 0.1) is 12.5 Å². The smallest absolute Gasteiger partial charge is 0.310 e. The highest BCUT2D eigenvalue weighted by Gasteiger charge is 2.32. The molecular formula is C26H28N2O5. The van der Waals surface area contributed by atoms with E-state index in [-0.39, 0.29) is 30.5 Å². The van der Waals surface area contributed by atoms with Crippen LogP contribution in [0.1, 0.15) is 43.2 Å². The van der Waals surface area contributed by atoms with E-state index in [1.807, 2.05) is 47.5 Å². The number of fused-ring (bicyclic) bond motifs is 2. The quantitative estimate of drug-likeness (QED) is 0.571. The molecule has 2 aliphatic rings. The molecule has 2 aromatic carbocycles. The zero-order valence-corrected chi connectivity index (χ0v) is 18.7. The zero-order valence-electron chi connectivity index (χ0n) is 18.7. The molecule has 0 saturated carbocycles. The van der Waals surface area contributed by atoms with Gasteiger partial charge in [0.15, 0.2) is 11.5 Å². The summed E-state index contributed by atoms with van der Waals surface area (Å²) in [6.07, 6.45) is 3.86. The molecule has 0 spiro atoms. The molecule has 1 aromatic heterocycles. The molecule has 1 fully saturated rings. The topological polar surface area (TPSA) is 80.9 Å². The number of hydrogen-bond donors (Lipinski definition) is 1. The van der Waals surface area contributed by atoms with Crippen LogP contribution in [-0.2, 0) is 14.3 Å². The van der Waals surface area contributed by atoms with Gasteiger partial charge in [-0.1, -0.05) is 24.3 Å². The summed E-state index contributed by atoms with van der Waals surface area (Å²) in [7, 11) is 0. The number of rotatable bonds is 6. The summed E-state index contributed by atoms with van der Waals surface area (Å²) in [5.74, 6) is 0.836. The number of ether oxygens (including phenoxy) is 3. The number of H-pyrrole nitrogens is 1. The lowest BCUT2D eigenvalue weighted by Gasteiger charge is -2.32. The van der Waals surface area contributed by atoms with Crippen molar-refractivity contribution in [1.29, 1.82) is 0 Å². The average molecular weight is 449 g/mol. The van der Waals surface area contributed by atoms with Crippen LogP contribution < -0.4 is 9.47 Å². The number of hydrogen-bond acceptors (Lipinski definition) is 5. The van der Waals surface area contributed by atoms with Gasteiger partial charge in [0.2, 0.25) is 12.7 Å². The highest BCUT2D eigenvalue weighted by atomic mass is 16.7. The summed E-state index contributed by atoms with van der Waals surface area (Å²) >= 11 is 0. The predicted octanol–water partition coefficient (Wildman–Crippen LogP) is 4.22. The molecule has 7 heteroatoms. The Bertz CT molecular complexity index is 1170. The number of aromatic amines is 1. The molecule has 1 saturated heterocycles. The second-order valence-corrected chi connectivity index (χ2v) is 8.59. The monoisotopic (exact) mass is 448 g/mol. The number of nitrogens with zero attached hydrogens (tertiary/aromatic N) is 1. The fourth-order valence-electron chi connectivity index (χ4n) is 4.88. The van der Waals surface area contributed by atoms with E-state index in [2.05, 4.69) is 11.1 Å². The fourth-order valence-corrected chi connectivity index (χ4v) is 4.88. The van der Waals surface area contributed by atoms with Gasteiger partial charge in [-0.25, -0.2) is 0 Å². The number of carbonyl (C=O) groups is 2. The molecule has 3 heterocycles. The van der Waals surface area contributed by atoms with Crippen LogP contribution in [0.15, 0.2) is 48.7 Å². The van der Waals surface area contributed by atoms with Crippen LogP contribution in [0.3, 0.4) is 0 Å². The summed E-state index contributed by atoms with van der Waals surface area (Å²) in [5, 5.41) is 1.09. The molecule has 1 amide bonds. The Morgan fingerprint density at radius 1 is 1.18 bits per heavy atom. The molecule has 0 radical (unpaired) electrons. The Labute approximate surface area is 192 Å². The van der Waals surface area contributed by atoms with Crippen molar-refractivity contribution in [3.8, 4) is 11.5 Å². The van der Waals surface area contributed by atoms with Gasteiger partial charge in [0.1, 0.15) is 0 Å². The van der Waals surface area contributed by atoms with Gasteiger partial charge >= 0.3 is 5.97 Å². The molecular weight excluding hydrogens is 420 g/mol. The molecule has 2 aliphatic heterocycles. The lowest BCUT2D eigenvalue weighted by molar-refractivity contribution is -0.151. The molecule has 172 valence electrons. The molecule has 2 unspecified atom stereocenters. The third-order valence-corrected chi connectivity index (χ3v) is 6.57. The number of benzene rings is 2. The summed E-state index contributed by atoms with van der Waals surface area (Å²) < 4.78 is 16.3. The number of carbonyl (C=O) groups excluding carboxylic acids is 2. The van der Waals surface area contributed by atoms with Gasteiger partial charge in [0.25, 0.3) is 0 Å². The fraction of sp³-hybridized carbons (Fsp3) is 0.385. The lowest BCUT2D eigenvalue weighted by atomic mass is 9.87. The highest BCUT2D eigenvalue weighted by Crippen LogP contribution is 2.40. The number of aromatic nitrogens is 1. The number of likely N-dealkylation sites (tertiary alicyclic amines) is 1. The SMILES string of the molecule is CCOC(=O)C1CCCN(C(=O)CC(c2ccc3c(c2)OCO3)c2c[nH]c3ccccc23)C1. The van der Waals surface area contributed by atoms with Crippen molar-refractivity contribution < 1.29 is 23.8 Å². The molecule has 1 N–H and O–H groups in total. The number of esters is 1. The van der Waals surface area contributed by atoms with Crippen LogP contribution in [0.2, 0.25) is 0 Å². The van der Waals surface area contributed by atoms with E-state index < -0.39 is 0 Å². The maximum absolute atomic E-state index is 13.5. The number of amides is 1. The van der Waals surface area contributed by atoms with E-state index in [1.54, 1.807) is 6.92 Å². The van der Waals surface area contributed by atoms with Gasteiger partial charge in [-0.2, -0.15) is 0 Å². The lowest BCUT2D eigenvalue weighted by Crippen LogP contribution is -2.43. The third-order valence-electron chi connectivity index (χ3n) is 6.57. The first-order valence-corrected chi connectivity index (χ1v) is 11.5. The van der Waals surface area contributed by atoms with Crippen LogP contribution in [0, 0.1) is 5.92 Å². The summed E-state index contributed by atoms with van der Waals surface area (Å²) in [6.45, 7) is 3.45. The highest BCUT2D eigenvalue weighted by molar-refractivity contribution is 5.86. The Morgan fingerprint density at radius 2 is 2.03 bits per heavy atom. The molecule has 0 aliphatic carbocycles. The van der Waals surface area contributed by atoms with Crippen LogP contribution in [0.5, 0.6) is 11.5 Å². The Hall–Kier alpha value is -3.48. The van der Waals surface area contributed by atoms with Crippen LogP contribution in [0.4, 0.5) is 0 Å². The van der Waals surface area contributed by atoms with Gasteiger partial charge < -0.3 is 24.1 Å². The Balaban J connectivity index is 1.44. The van der Waals surface area contributed by atoms with Crippen molar-refractivity contribution >= 4 is 22.8 Å². The number of piperidine rings is 1. The van der Waals surface area contributed by atoms with Crippen LogP contribution in [0.25, 0.3) is 10.9 Å². The first-order chi connectivity index (χ1) is 16.1. The molecule has 2 atom stereocenters. The maximum atomic E-state index is 13.5. The second-order valence-electron chi connectivity index (χ2n) is 8.59. The van der Waals surface area contributed by atoms with E-state index in [1.165, 1.54) is 0 Å². The van der Waals surface area contributed by atoms with Crippen molar-refractivity contribution in [3.63, 3.8) is 0 Å². The van der Waals surface area contributed by atoms with Crippen molar-refractivity contribution in [2.45, 2.75) is 32.1 Å². The van der Waals surface area contributed by atoms with E-state index in [9.17, 15) is 9.59 Å². The van der Waals surface area contributed by atoms with E-state index >= 15 is 0 Å². The minimum Gasteiger partial charge on any atom is -0.466 e. The standard InChI is InChI=1S/C26H28N2O5/c1-2-31-26(30)18-6-5-11-28(15-18)25(29)13-20(17-9-10-23-24(12-17)33-16-32-23)21-14-27-22-8-4-3-7-19(21)22/h3-4,7-10,12,14,18,20,27H,2,5-6,11,13,15-16H2,1H3. The first-order valence-electron chi connectivity index (χ1n) is 11.5. The maximum Gasteiger partial charge on any atom is 0.310 e. The predicted molar refractivity (Wildman–Crippen MR) is 123 cm³/mol. The largest absolute Gasteiger partial charge is 0.466 e. The zero-order chi connectivity index (χ0) is 22.8. The van der Waals surface area contributed by atoms with E-state index in [0.29, 0.717) is 31.9 Å². The normalized spacial score (nSPS) is 18.3. The van der Waals surface area contributed by atoms with Crippen molar-refractivity contribution in [2.75, 3.05) is 26.5 Å². The number of para-hydroxylation sites is 1. The van der Waals surface area contributed by atoms with Gasteiger partial charge in [0, 0.05) is 42.5 Å². The molecule has 0 bridgehead atoms. The Morgan fingerprint density at radius 3 is 2.91 bits per heavy atom. The molecule has 3 aromatic rings. The molecule has 7 nitrogen and oxygen atoms in total. The van der Waals surface area contributed by atoms with Gasteiger partial charge in [-0.05, 0) is 49.1 Å². The minimum atomic E-state index is -0.250. The minimum absolute atomic E-state index is 0.0388. The van der Waals surface area contributed by atoms with E-state index in [0.717, 1.165) is 40.6 Å². The van der Waals surface area contributed by atoms with Crippen molar-refractivity contribution in [1.82, 2.24) is 9.88 Å². The second kappa shape index (κ2) is 9.17. The van der Waals surface area contributed by atoms with Crippen LogP contribution >= 0.6 is 0 Å². The Kier molecular flexibility index (Phi) is 5.94. The summed E-state index contributed by atoms with van der Waals surface area (Å²) in [5.41, 5.74) is 3.10. The summed E-state index contributed by atoms with van der Waals surface area (Å²) in [4.78, 5) is 30.9. The average Bonchev–Trinajstić information content (AvgIpc) is 3.49. The third kappa shape index (κ3) is 4.27. The molecule has 33 heavy (non-hydrogen) atoms. The number of nitrogens with one attached hydrogen (secondary N) is 1. The van der Waals surface area contributed by atoms with Crippen molar-refractivity contribution in [2.24, 2.45) is 5.92 Å².